The molecular weight excluding hydrogens is 326 g/mol. The maximum Gasteiger partial charge on any atom is 0.227 e. The molecule has 2 aliphatic rings. The van der Waals surface area contributed by atoms with Gasteiger partial charge in [-0.3, -0.25) is 9.59 Å². The first-order chi connectivity index (χ1) is 12.5. The molecule has 1 aliphatic heterocycles. The van der Waals surface area contributed by atoms with E-state index < -0.39 is 0 Å². The number of hydrogen-bond donors (Lipinski definition) is 1. The summed E-state index contributed by atoms with van der Waals surface area (Å²) in [5, 5.41) is 3.12. The summed E-state index contributed by atoms with van der Waals surface area (Å²) >= 11 is 0. The minimum atomic E-state index is 0.0190. The lowest BCUT2D eigenvalue weighted by atomic mass is 9.80. The van der Waals surface area contributed by atoms with Gasteiger partial charge in [0.2, 0.25) is 11.8 Å². The van der Waals surface area contributed by atoms with Gasteiger partial charge in [0.25, 0.3) is 0 Å². The lowest BCUT2D eigenvalue weighted by Crippen LogP contribution is -2.49. The number of rotatable bonds is 3. The minimum absolute atomic E-state index is 0.0190. The van der Waals surface area contributed by atoms with Crippen LogP contribution in [0, 0.1) is 25.7 Å². The lowest BCUT2D eigenvalue weighted by Gasteiger charge is -2.36. The normalized spacial score (nSPS) is 24.3. The van der Waals surface area contributed by atoms with E-state index in [0.29, 0.717) is 5.91 Å². The number of nitrogens with zero attached hydrogens (tertiary/aromatic N) is 2. The highest BCUT2D eigenvalue weighted by Crippen LogP contribution is 2.32. The van der Waals surface area contributed by atoms with Crippen molar-refractivity contribution in [1.82, 2.24) is 9.80 Å². The van der Waals surface area contributed by atoms with E-state index in [1.54, 1.807) is 0 Å². The molecule has 1 aromatic carbocycles. The Labute approximate surface area is 156 Å². The number of carbonyl (C=O) groups is 2. The predicted octanol–water partition coefficient (Wildman–Crippen LogP) is 2.82. The summed E-state index contributed by atoms with van der Waals surface area (Å²) in [7, 11) is 2.10. The molecular formula is C21H31N3O2. The molecule has 3 rings (SSSR count). The molecule has 0 spiro atoms. The van der Waals surface area contributed by atoms with Crippen LogP contribution in [0.2, 0.25) is 0 Å². The molecule has 1 saturated carbocycles. The third-order valence-electron chi connectivity index (χ3n) is 5.99. The first kappa shape index (κ1) is 18.9. The summed E-state index contributed by atoms with van der Waals surface area (Å²) in [6.07, 6.45) is 3.27. The Bertz CT molecular complexity index is 637. The molecule has 1 aromatic rings. The second kappa shape index (κ2) is 8.21. The first-order valence-electron chi connectivity index (χ1n) is 9.80. The number of amides is 2. The van der Waals surface area contributed by atoms with Crippen molar-refractivity contribution in [2.45, 2.75) is 39.5 Å². The van der Waals surface area contributed by atoms with E-state index in [0.717, 1.165) is 68.7 Å². The van der Waals surface area contributed by atoms with Gasteiger partial charge in [0.1, 0.15) is 0 Å². The predicted molar refractivity (Wildman–Crippen MR) is 104 cm³/mol. The van der Waals surface area contributed by atoms with Gasteiger partial charge >= 0.3 is 0 Å². The van der Waals surface area contributed by atoms with E-state index in [-0.39, 0.29) is 17.7 Å². The molecule has 0 radical (unpaired) electrons. The maximum atomic E-state index is 12.7. The van der Waals surface area contributed by atoms with Gasteiger partial charge in [0, 0.05) is 43.7 Å². The number of para-hydroxylation sites is 1. The Morgan fingerprint density at radius 3 is 2.04 bits per heavy atom. The fourth-order valence-corrected chi connectivity index (χ4v) is 4.12. The summed E-state index contributed by atoms with van der Waals surface area (Å²) in [5.74, 6) is 0.521. The zero-order valence-corrected chi connectivity index (χ0v) is 16.3. The van der Waals surface area contributed by atoms with E-state index >= 15 is 0 Å². The second-order valence-corrected chi connectivity index (χ2v) is 7.93. The lowest BCUT2D eigenvalue weighted by molar-refractivity contribution is -0.139. The Kier molecular flexibility index (Phi) is 5.97. The van der Waals surface area contributed by atoms with Crippen LogP contribution in [-0.2, 0) is 9.59 Å². The Hall–Kier alpha value is -1.88. The number of likely N-dealkylation sites (N-methyl/N-ethyl adjacent to an activating group) is 1. The van der Waals surface area contributed by atoms with Gasteiger partial charge in [-0.2, -0.15) is 0 Å². The molecule has 26 heavy (non-hydrogen) atoms. The number of anilines is 1. The Balaban J connectivity index is 1.51. The molecule has 1 heterocycles. The molecule has 5 nitrogen and oxygen atoms in total. The highest BCUT2D eigenvalue weighted by Gasteiger charge is 2.33. The molecule has 1 N–H and O–H groups in total. The van der Waals surface area contributed by atoms with Crippen molar-refractivity contribution >= 4 is 17.5 Å². The number of hydrogen-bond acceptors (Lipinski definition) is 3. The average Bonchev–Trinajstić information content (AvgIpc) is 2.65. The monoisotopic (exact) mass is 357 g/mol. The minimum Gasteiger partial charge on any atom is -0.340 e. The molecule has 142 valence electrons. The zero-order chi connectivity index (χ0) is 18.7. The quantitative estimate of drug-likeness (QED) is 0.905. The summed E-state index contributed by atoms with van der Waals surface area (Å²) in [5.41, 5.74) is 3.13. The molecule has 1 aliphatic carbocycles. The summed E-state index contributed by atoms with van der Waals surface area (Å²) in [4.78, 5) is 29.7. The van der Waals surface area contributed by atoms with E-state index in [9.17, 15) is 9.59 Å². The van der Waals surface area contributed by atoms with Gasteiger partial charge < -0.3 is 15.1 Å². The molecule has 0 aromatic heterocycles. The van der Waals surface area contributed by atoms with Crippen LogP contribution in [0.4, 0.5) is 5.69 Å². The van der Waals surface area contributed by atoms with Crippen LogP contribution in [0.25, 0.3) is 0 Å². The smallest absolute Gasteiger partial charge is 0.227 e. The van der Waals surface area contributed by atoms with E-state index in [1.807, 2.05) is 36.9 Å². The number of piperazine rings is 1. The van der Waals surface area contributed by atoms with Gasteiger partial charge in [-0.25, -0.2) is 0 Å². The van der Waals surface area contributed by atoms with Crippen molar-refractivity contribution in [3.63, 3.8) is 0 Å². The molecule has 0 atom stereocenters. The Morgan fingerprint density at radius 2 is 1.46 bits per heavy atom. The van der Waals surface area contributed by atoms with Gasteiger partial charge in [-0.15, -0.1) is 0 Å². The average molecular weight is 357 g/mol. The second-order valence-electron chi connectivity index (χ2n) is 7.93. The molecule has 2 fully saturated rings. The molecule has 0 bridgehead atoms. The number of benzene rings is 1. The number of carbonyl (C=O) groups excluding carboxylic acids is 2. The van der Waals surface area contributed by atoms with Crippen LogP contribution in [0.5, 0.6) is 0 Å². The SMILES string of the molecule is Cc1cccc(C)c1NC(=O)C1CCC(C(=O)N2CCN(C)CC2)CC1. The third kappa shape index (κ3) is 4.26. The van der Waals surface area contributed by atoms with E-state index in [1.165, 1.54) is 0 Å². The van der Waals surface area contributed by atoms with Gasteiger partial charge in [-0.1, -0.05) is 18.2 Å². The van der Waals surface area contributed by atoms with E-state index in [4.69, 9.17) is 0 Å². The van der Waals surface area contributed by atoms with Crippen LogP contribution in [0.15, 0.2) is 18.2 Å². The topological polar surface area (TPSA) is 52.7 Å². The van der Waals surface area contributed by atoms with Crippen molar-refractivity contribution in [3.05, 3.63) is 29.3 Å². The summed E-state index contributed by atoms with van der Waals surface area (Å²) in [6, 6.07) is 6.05. The summed E-state index contributed by atoms with van der Waals surface area (Å²) < 4.78 is 0. The van der Waals surface area contributed by atoms with Crippen molar-refractivity contribution in [1.29, 1.82) is 0 Å². The molecule has 2 amide bonds. The summed E-state index contributed by atoms with van der Waals surface area (Å²) in [6.45, 7) is 7.63. The van der Waals surface area contributed by atoms with Crippen molar-refractivity contribution in [3.8, 4) is 0 Å². The maximum absolute atomic E-state index is 12.7. The van der Waals surface area contributed by atoms with Crippen LogP contribution < -0.4 is 5.32 Å². The molecule has 0 unspecified atom stereocenters. The highest BCUT2D eigenvalue weighted by atomic mass is 16.2. The fraction of sp³-hybridized carbons (Fsp3) is 0.619. The van der Waals surface area contributed by atoms with Crippen LogP contribution in [0.3, 0.4) is 0 Å². The van der Waals surface area contributed by atoms with Crippen LogP contribution in [0.1, 0.15) is 36.8 Å². The van der Waals surface area contributed by atoms with E-state index in [2.05, 4.69) is 17.3 Å². The van der Waals surface area contributed by atoms with Crippen molar-refractivity contribution < 1.29 is 9.59 Å². The van der Waals surface area contributed by atoms with Crippen LogP contribution in [-0.4, -0.2) is 54.8 Å². The highest BCUT2D eigenvalue weighted by molar-refractivity contribution is 5.94. The van der Waals surface area contributed by atoms with Crippen molar-refractivity contribution in [2.24, 2.45) is 11.8 Å². The van der Waals surface area contributed by atoms with Crippen LogP contribution >= 0.6 is 0 Å². The van der Waals surface area contributed by atoms with Gasteiger partial charge in [0.15, 0.2) is 0 Å². The largest absolute Gasteiger partial charge is 0.340 e. The third-order valence-corrected chi connectivity index (χ3v) is 5.99. The molecule has 5 heteroatoms. The fourth-order valence-electron chi connectivity index (χ4n) is 4.12. The Morgan fingerprint density at radius 1 is 0.923 bits per heavy atom. The van der Waals surface area contributed by atoms with Gasteiger partial charge in [0.05, 0.1) is 0 Å². The zero-order valence-electron chi connectivity index (χ0n) is 16.3. The number of nitrogens with one attached hydrogen (secondary N) is 1. The standard InChI is InChI=1S/C21H31N3O2/c1-15-5-4-6-16(2)19(15)22-20(25)17-7-9-18(10-8-17)21(26)24-13-11-23(3)12-14-24/h4-6,17-18H,7-14H2,1-3H3,(H,22,25). The van der Waals surface area contributed by atoms with Gasteiger partial charge in [-0.05, 0) is 57.7 Å². The van der Waals surface area contributed by atoms with Crippen molar-refractivity contribution in [2.75, 3.05) is 38.5 Å². The number of aryl methyl sites for hydroxylation is 2. The first-order valence-corrected chi connectivity index (χ1v) is 9.80. The molecule has 1 saturated heterocycles.